The average molecular weight is 363 g/mol. The van der Waals surface area contributed by atoms with Gasteiger partial charge in [-0.2, -0.15) is 0 Å². The minimum atomic E-state index is 0.822. The molecule has 4 aromatic rings. The summed E-state index contributed by atoms with van der Waals surface area (Å²) in [6, 6.07) is 22.3. The van der Waals surface area contributed by atoms with Gasteiger partial charge in [0, 0.05) is 5.56 Å². The molecule has 2 heterocycles. The molecular weight excluding hydrogens is 352 g/mol. The van der Waals surface area contributed by atoms with E-state index in [1.807, 2.05) is 48.5 Å². The van der Waals surface area contributed by atoms with Crippen LogP contribution < -0.4 is 4.74 Å². The highest BCUT2D eigenvalue weighted by Gasteiger charge is 2.25. The summed E-state index contributed by atoms with van der Waals surface area (Å²) in [6.45, 7) is 0. The van der Waals surface area contributed by atoms with E-state index in [0.29, 0.717) is 0 Å². The van der Waals surface area contributed by atoms with Crippen LogP contribution in [0.2, 0.25) is 0 Å². The molecule has 0 amide bonds. The molecular formula is C19H11BrN2O. The van der Waals surface area contributed by atoms with Crippen molar-refractivity contribution in [2.75, 3.05) is 0 Å². The van der Waals surface area contributed by atoms with Gasteiger partial charge in [-0.05, 0) is 40.2 Å². The fraction of sp³-hybridized carbons (Fsp3) is 0. The lowest BCUT2D eigenvalue weighted by Gasteiger charge is -2.21. The Bertz CT molecular complexity index is 1050. The molecule has 1 aliphatic rings. The van der Waals surface area contributed by atoms with Crippen molar-refractivity contribution in [3.05, 3.63) is 71.2 Å². The molecule has 23 heavy (non-hydrogen) atoms. The van der Waals surface area contributed by atoms with Crippen LogP contribution in [0.4, 0.5) is 0 Å². The van der Waals surface area contributed by atoms with Crippen molar-refractivity contribution in [2.24, 2.45) is 0 Å². The SMILES string of the molecule is Brc1cccc2c1Oc1cccc3nc(-c4ccccc4)n-2c13. The first-order valence-corrected chi connectivity index (χ1v) is 8.16. The van der Waals surface area contributed by atoms with E-state index in [-0.39, 0.29) is 0 Å². The molecule has 0 fully saturated rings. The summed E-state index contributed by atoms with van der Waals surface area (Å²) in [4.78, 5) is 4.85. The van der Waals surface area contributed by atoms with Crippen molar-refractivity contribution in [3.63, 3.8) is 0 Å². The Morgan fingerprint density at radius 1 is 0.870 bits per heavy atom. The molecule has 0 bridgehead atoms. The molecule has 110 valence electrons. The monoisotopic (exact) mass is 362 g/mol. The molecule has 0 aliphatic carbocycles. The highest BCUT2D eigenvalue weighted by atomic mass is 79.9. The molecule has 1 aromatic heterocycles. The fourth-order valence-electron chi connectivity index (χ4n) is 3.08. The number of rotatable bonds is 1. The van der Waals surface area contributed by atoms with Crippen LogP contribution in [0.3, 0.4) is 0 Å². The maximum atomic E-state index is 6.12. The first kappa shape index (κ1) is 12.9. The van der Waals surface area contributed by atoms with E-state index in [1.54, 1.807) is 0 Å². The third kappa shape index (κ3) is 1.79. The van der Waals surface area contributed by atoms with Crippen LogP contribution >= 0.6 is 15.9 Å². The lowest BCUT2D eigenvalue weighted by Crippen LogP contribution is -2.06. The van der Waals surface area contributed by atoms with Crippen LogP contribution in [0.5, 0.6) is 11.5 Å². The second-order valence-corrected chi connectivity index (χ2v) is 6.31. The third-order valence-corrected chi connectivity index (χ3v) is 4.70. The van der Waals surface area contributed by atoms with Crippen molar-refractivity contribution < 1.29 is 4.74 Å². The number of benzene rings is 3. The summed E-state index contributed by atoms with van der Waals surface area (Å²) < 4.78 is 9.24. The average Bonchev–Trinajstić information content (AvgIpc) is 2.98. The van der Waals surface area contributed by atoms with Crippen LogP contribution in [0.15, 0.2) is 71.2 Å². The minimum absolute atomic E-state index is 0.822. The summed E-state index contributed by atoms with van der Waals surface area (Å²) in [5, 5.41) is 0. The molecule has 0 radical (unpaired) electrons. The summed E-state index contributed by atoms with van der Waals surface area (Å²) in [6.07, 6.45) is 0. The Kier molecular flexibility index (Phi) is 2.64. The van der Waals surface area contributed by atoms with Gasteiger partial charge in [-0.15, -0.1) is 0 Å². The third-order valence-electron chi connectivity index (χ3n) is 4.07. The molecule has 0 saturated heterocycles. The van der Waals surface area contributed by atoms with Crippen LogP contribution in [0, 0.1) is 0 Å². The molecule has 0 atom stereocenters. The van der Waals surface area contributed by atoms with Gasteiger partial charge in [0.1, 0.15) is 11.3 Å². The zero-order valence-corrected chi connectivity index (χ0v) is 13.6. The van der Waals surface area contributed by atoms with Gasteiger partial charge >= 0.3 is 0 Å². The summed E-state index contributed by atoms with van der Waals surface area (Å²) in [5.74, 6) is 2.58. The van der Waals surface area contributed by atoms with Gasteiger partial charge in [0.15, 0.2) is 11.5 Å². The van der Waals surface area contributed by atoms with E-state index in [2.05, 4.69) is 38.7 Å². The Balaban J connectivity index is 1.95. The first-order chi connectivity index (χ1) is 11.3. The standard InChI is InChI=1S/C19H11BrN2O/c20-13-8-4-10-15-18(13)23-16-11-5-9-14-17(16)22(15)19(21-14)12-6-2-1-3-7-12/h1-11H. The van der Waals surface area contributed by atoms with Gasteiger partial charge < -0.3 is 4.74 Å². The van der Waals surface area contributed by atoms with Crippen molar-refractivity contribution in [1.82, 2.24) is 9.55 Å². The number of ether oxygens (including phenoxy) is 1. The molecule has 1 aliphatic heterocycles. The maximum Gasteiger partial charge on any atom is 0.165 e. The lowest BCUT2D eigenvalue weighted by atomic mass is 10.2. The van der Waals surface area contributed by atoms with E-state index in [0.717, 1.165) is 44.1 Å². The molecule has 4 heteroatoms. The van der Waals surface area contributed by atoms with Crippen molar-refractivity contribution in [3.8, 4) is 28.6 Å². The minimum Gasteiger partial charge on any atom is -0.452 e. The molecule has 5 rings (SSSR count). The number of fused-ring (bicyclic) bond motifs is 2. The van der Waals surface area contributed by atoms with Gasteiger partial charge in [-0.3, -0.25) is 4.57 Å². The maximum absolute atomic E-state index is 6.12. The second kappa shape index (κ2) is 4.70. The smallest absolute Gasteiger partial charge is 0.165 e. The lowest BCUT2D eigenvalue weighted by molar-refractivity contribution is 0.473. The zero-order valence-electron chi connectivity index (χ0n) is 12.0. The second-order valence-electron chi connectivity index (χ2n) is 5.45. The van der Waals surface area contributed by atoms with Crippen molar-refractivity contribution >= 4 is 27.0 Å². The normalized spacial score (nSPS) is 12.0. The van der Waals surface area contributed by atoms with Gasteiger partial charge in [-0.25, -0.2) is 4.98 Å². The van der Waals surface area contributed by atoms with Gasteiger partial charge in [0.25, 0.3) is 0 Å². The molecule has 3 nitrogen and oxygen atoms in total. The Morgan fingerprint density at radius 2 is 1.70 bits per heavy atom. The van der Waals surface area contributed by atoms with Crippen LogP contribution in [0.25, 0.3) is 28.1 Å². The number of imidazole rings is 1. The molecule has 0 N–H and O–H groups in total. The predicted octanol–water partition coefficient (Wildman–Crippen LogP) is 5.56. The fourth-order valence-corrected chi connectivity index (χ4v) is 3.51. The summed E-state index contributed by atoms with van der Waals surface area (Å²) in [5.41, 5.74) is 4.03. The number of aromatic nitrogens is 2. The zero-order chi connectivity index (χ0) is 15.4. The highest BCUT2D eigenvalue weighted by Crippen LogP contribution is 2.45. The number of para-hydroxylation sites is 2. The van der Waals surface area contributed by atoms with E-state index >= 15 is 0 Å². The van der Waals surface area contributed by atoms with E-state index < -0.39 is 0 Å². The van der Waals surface area contributed by atoms with Gasteiger partial charge in [0.05, 0.1) is 15.7 Å². The number of hydrogen-bond acceptors (Lipinski definition) is 2. The molecule has 0 spiro atoms. The number of nitrogens with zero attached hydrogens (tertiary/aromatic N) is 2. The predicted molar refractivity (Wildman–Crippen MR) is 94.3 cm³/mol. The molecule has 3 aromatic carbocycles. The number of hydrogen-bond donors (Lipinski definition) is 0. The van der Waals surface area contributed by atoms with Crippen LogP contribution in [0.1, 0.15) is 0 Å². The Labute approximate surface area is 141 Å². The molecule has 0 saturated carbocycles. The summed E-state index contributed by atoms with van der Waals surface area (Å²) >= 11 is 3.59. The van der Waals surface area contributed by atoms with E-state index in [1.165, 1.54) is 0 Å². The summed E-state index contributed by atoms with van der Waals surface area (Å²) in [7, 11) is 0. The highest BCUT2D eigenvalue weighted by molar-refractivity contribution is 9.10. The van der Waals surface area contributed by atoms with Crippen LogP contribution in [-0.4, -0.2) is 9.55 Å². The topological polar surface area (TPSA) is 27.1 Å². The molecule has 0 unspecified atom stereocenters. The van der Waals surface area contributed by atoms with E-state index in [4.69, 9.17) is 9.72 Å². The van der Waals surface area contributed by atoms with Gasteiger partial charge in [-0.1, -0.05) is 42.5 Å². The van der Waals surface area contributed by atoms with Crippen molar-refractivity contribution in [2.45, 2.75) is 0 Å². The number of halogens is 1. The largest absolute Gasteiger partial charge is 0.452 e. The first-order valence-electron chi connectivity index (χ1n) is 7.36. The van der Waals surface area contributed by atoms with Crippen molar-refractivity contribution in [1.29, 1.82) is 0 Å². The van der Waals surface area contributed by atoms with Crippen LogP contribution in [-0.2, 0) is 0 Å². The Morgan fingerprint density at radius 3 is 2.57 bits per heavy atom. The Hall–Kier alpha value is -2.59. The van der Waals surface area contributed by atoms with Gasteiger partial charge in [0.2, 0.25) is 0 Å². The van der Waals surface area contributed by atoms with E-state index in [9.17, 15) is 0 Å². The quantitative estimate of drug-likeness (QED) is 0.390.